The SMILES string of the molecule is CCc1nn(CC2CCC(COCCO)CC2)c(-c2ccccc2)c1-c1cccc(F)c1F. The average Bonchev–Trinajstić information content (AvgIpc) is 3.20. The van der Waals surface area contributed by atoms with Crippen LogP contribution in [0.15, 0.2) is 48.5 Å². The molecule has 0 spiro atoms. The van der Waals surface area contributed by atoms with Gasteiger partial charge in [-0.2, -0.15) is 5.10 Å². The Morgan fingerprint density at radius 1 is 1.00 bits per heavy atom. The number of aliphatic hydroxyl groups is 1. The summed E-state index contributed by atoms with van der Waals surface area (Å²) in [6, 6.07) is 14.2. The van der Waals surface area contributed by atoms with Gasteiger partial charge in [0.15, 0.2) is 11.6 Å². The van der Waals surface area contributed by atoms with Crippen molar-refractivity contribution in [2.75, 3.05) is 19.8 Å². The van der Waals surface area contributed by atoms with Gasteiger partial charge in [0.25, 0.3) is 0 Å². The van der Waals surface area contributed by atoms with Gasteiger partial charge in [0.2, 0.25) is 0 Å². The molecule has 1 fully saturated rings. The fourth-order valence-electron chi connectivity index (χ4n) is 4.90. The molecule has 1 N–H and O–H groups in total. The molecule has 0 amide bonds. The van der Waals surface area contributed by atoms with Crippen molar-refractivity contribution in [3.63, 3.8) is 0 Å². The first-order valence-corrected chi connectivity index (χ1v) is 11.9. The van der Waals surface area contributed by atoms with E-state index in [1.54, 1.807) is 12.1 Å². The van der Waals surface area contributed by atoms with Gasteiger partial charge >= 0.3 is 0 Å². The molecule has 0 aliphatic heterocycles. The molecule has 1 saturated carbocycles. The predicted octanol–water partition coefficient (Wildman–Crippen LogP) is 5.87. The minimum atomic E-state index is -0.844. The third kappa shape index (κ3) is 5.33. The Bertz CT molecular complexity index is 1040. The number of ether oxygens (including phenoxy) is 1. The Balaban J connectivity index is 1.65. The van der Waals surface area contributed by atoms with Crippen molar-refractivity contribution in [1.82, 2.24) is 9.78 Å². The van der Waals surface area contributed by atoms with Crippen LogP contribution in [0.5, 0.6) is 0 Å². The molecule has 1 aliphatic carbocycles. The van der Waals surface area contributed by atoms with Crippen LogP contribution in [0.2, 0.25) is 0 Å². The summed E-state index contributed by atoms with van der Waals surface area (Å²) in [6.07, 6.45) is 4.96. The zero-order valence-corrected chi connectivity index (χ0v) is 19.1. The van der Waals surface area contributed by atoms with Crippen molar-refractivity contribution < 1.29 is 18.6 Å². The number of benzene rings is 2. The number of aliphatic hydroxyl groups excluding tert-OH is 1. The van der Waals surface area contributed by atoms with Gasteiger partial charge < -0.3 is 9.84 Å². The third-order valence-corrected chi connectivity index (χ3v) is 6.61. The molecule has 176 valence electrons. The summed E-state index contributed by atoms with van der Waals surface area (Å²) < 4.78 is 36.6. The minimum Gasteiger partial charge on any atom is -0.394 e. The highest BCUT2D eigenvalue weighted by Gasteiger charge is 2.27. The summed E-state index contributed by atoms with van der Waals surface area (Å²) >= 11 is 0. The van der Waals surface area contributed by atoms with Gasteiger partial charge in [-0.3, -0.25) is 4.68 Å². The smallest absolute Gasteiger partial charge is 0.166 e. The van der Waals surface area contributed by atoms with Crippen molar-refractivity contribution in [2.45, 2.75) is 45.6 Å². The highest BCUT2D eigenvalue weighted by molar-refractivity contribution is 5.83. The van der Waals surface area contributed by atoms with E-state index in [9.17, 15) is 8.78 Å². The van der Waals surface area contributed by atoms with Crippen LogP contribution in [-0.4, -0.2) is 34.7 Å². The quantitative estimate of drug-likeness (QED) is 0.411. The van der Waals surface area contributed by atoms with Crippen LogP contribution >= 0.6 is 0 Å². The molecular formula is C27H32F2N2O2. The lowest BCUT2D eigenvalue weighted by atomic mass is 9.82. The first kappa shape index (κ1) is 23.6. The molecule has 0 saturated heterocycles. The van der Waals surface area contributed by atoms with Crippen LogP contribution in [0.3, 0.4) is 0 Å². The van der Waals surface area contributed by atoms with Gasteiger partial charge in [-0.25, -0.2) is 8.78 Å². The first-order chi connectivity index (χ1) is 16.1. The Hall–Kier alpha value is -2.57. The third-order valence-electron chi connectivity index (χ3n) is 6.61. The number of hydrogen-bond donors (Lipinski definition) is 1. The van der Waals surface area contributed by atoms with Crippen LogP contribution in [0.4, 0.5) is 8.78 Å². The highest BCUT2D eigenvalue weighted by Crippen LogP contribution is 2.39. The second-order valence-corrected chi connectivity index (χ2v) is 8.86. The van der Waals surface area contributed by atoms with Crippen molar-refractivity contribution in [3.8, 4) is 22.4 Å². The van der Waals surface area contributed by atoms with Crippen LogP contribution in [0.1, 0.15) is 38.3 Å². The van der Waals surface area contributed by atoms with Gasteiger partial charge in [-0.05, 0) is 50.0 Å². The van der Waals surface area contributed by atoms with Gasteiger partial charge in [-0.1, -0.05) is 49.4 Å². The van der Waals surface area contributed by atoms with Gasteiger partial charge in [0.1, 0.15) is 0 Å². The largest absolute Gasteiger partial charge is 0.394 e. The van der Waals surface area contributed by atoms with Crippen molar-refractivity contribution >= 4 is 0 Å². The van der Waals surface area contributed by atoms with Crippen LogP contribution in [0.25, 0.3) is 22.4 Å². The average molecular weight is 455 g/mol. The Morgan fingerprint density at radius 3 is 2.42 bits per heavy atom. The summed E-state index contributed by atoms with van der Waals surface area (Å²) in [5, 5.41) is 13.8. The van der Waals surface area contributed by atoms with E-state index in [-0.39, 0.29) is 12.2 Å². The van der Waals surface area contributed by atoms with Crippen molar-refractivity contribution in [1.29, 1.82) is 0 Å². The topological polar surface area (TPSA) is 47.3 Å². The van der Waals surface area contributed by atoms with E-state index in [4.69, 9.17) is 14.9 Å². The summed E-state index contributed by atoms with van der Waals surface area (Å²) in [5.41, 5.74) is 3.54. The molecule has 3 aromatic rings. The van der Waals surface area contributed by atoms with E-state index >= 15 is 0 Å². The van der Waals surface area contributed by atoms with Crippen molar-refractivity contribution in [3.05, 3.63) is 65.9 Å². The number of hydrogen-bond acceptors (Lipinski definition) is 3. The van der Waals surface area contributed by atoms with Gasteiger partial charge in [-0.15, -0.1) is 0 Å². The van der Waals surface area contributed by atoms with E-state index in [0.717, 1.165) is 55.2 Å². The lowest BCUT2D eigenvalue weighted by Gasteiger charge is -2.28. The maximum atomic E-state index is 14.9. The van der Waals surface area contributed by atoms with Crippen LogP contribution < -0.4 is 0 Å². The maximum Gasteiger partial charge on any atom is 0.166 e. The van der Waals surface area contributed by atoms with Gasteiger partial charge in [0.05, 0.1) is 24.6 Å². The number of aryl methyl sites for hydroxylation is 1. The number of aromatic nitrogens is 2. The molecule has 4 rings (SSSR count). The standard InChI is InChI=1S/C27H32F2N2O2/c1-2-24-25(22-9-6-10-23(28)26(22)29)27(21-7-4-3-5-8-21)31(30-24)17-19-11-13-20(14-12-19)18-33-16-15-32/h3-10,19-20,32H,2,11-18H2,1H3. The van der Waals surface area contributed by atoms with Crippen LogP contribution in [0, 0.1) is 23.5 Å². The fraction of sp³-hybridized carbons (Fsp3) is 0.444. The maximum absolute atomic E-state index is 14.9. The molecule has 1 heterocycles. The fourth-order valence-corrected chi connectivity index (χ4v) is 4.90. The van der Waals surface area contributed by atoms with Crippen LogP contribution in [-0.2, 0) is 17.7 Å². The van der Waals surface area contributed by atoms with E-state index < -0.39 is 11.6 Å². The lowest BCUT2D eigenvalue weighted by molar-refractivity contribution is 0.0518. The second kappa shape index (κ2) is 11.0. The molecular weight excluding hydrogens is 422 g/mol. The molecule has 6 heteroatoms. The first-order valence-electron chi connectivity index (χ1n) is 11.9. The van der Waals surface area contributed by atoms with E-state index in [1.165, 1.54) is 0 Å². The van der Waals surface area contributed by atoms with E-state index in [0.29, 0.717) is 37.0 Å². The zero-order valence-electron chi connectivity index (χ0n) is 19.1. The zero-order chi connectivity index (χ0) is 23.2. The van der Waals surface area contributed by atoms with E-state index in [2.05, 4.69) is 0 Å². The Kier molecular flexibility index (Phi) is 7.89. The van der Waals surface area contributed by atoms with E-state index in [1.807, 2.05) is 41.9 Å². The number of rotatable bonds is 9. The van der Waals surface area contributed by atoms with Gasteiger partial charge in [0, 0.05) is 29.8 Å². The lowest BCUT2D eigenvalue weighted by Crippen LogP contribution is -2.23. The second-order valence-electron chi connectivity index (χ2n) is 8.86. The Labute approximate surface area is 194 Å². The molecule has 0 atom stereocenters. The normalized spacial score (nSPS) is 18.5. The summed E-state index contributed by atoms with van der Waals surface area (Å²) in [7, 11) is 0. The summed E-state index contributed by atoms with van der Waals surface area (Å²) in [4.78, 5) is 0. The molecule has 2 aromatic carbocycles. The molecule has 1 aliphatic rings. The summed E-state index contributed by atoms with van der Waals surface area (Å²) in [6.45, 7) is 3.91. The van der Waals surface area contributed by atoms with Crippen molar-refractivity contribution in [2.24, 2.45) is 11.8 Å². The minimum absolute atomic E-state index is 0.0604. The molecule has 0 unspecified atom stereocenters. The number of halogens is 2. The predicted molar refractivity (Wildman–Crippen MR) is 126 cm³/mol. The summed E-state index contributed by atoms with van der Waals surface area (Å²) in [5.74, 6) is -0.672. The molecule has 0 bridgehead atoms. The monoisotopic (exact) mass is 454 g/mol. The molecule has 4 nitrogen and oxygen atoms in total. The molecule has 0 radical (unpaired) electrons. The number of nitrogens with zero attached hydrogens (tertiary/aromatic N) is 2. The molecule has 33 heavy (non-hydrogen) atoms. The molecule has 1 aromatic heterocycles. The highest BCUT2D eigenvalue weighted by atomic mass is 19.2. The Morgan fingerprint density at radius 2 is 1.73 bits per heavy atom.